The van der Waals surface area contributed by atoms with Crippen LogP contribution in [-0.4, -0.2) is 42.5 Å². The number of hydrogen-bond acceptors (Lipinski definition) is 8. The van der Waals surface area contributed by atoms with Gasteiger partial charge in [-0.1, -0.05) is 18.2 Å². The molecule has 5 rings (SSSR count). The SMILES string of the molecule is CCOC(=O)CN(c1ccc2[nH]c(COc3ccc(C#N)cc3)nc2c1)S(=O)(=O)c1cccc2cccnc12. The Morgan fingerprint density at radius 3 is 2.64 bits per heavy atom. The molecule has 0 spiro atoms. The molecule has 0 unspecified atom stereocenters. The summed E-state index contributed by atoms with van der Waals surface area (Å²) < 4.78 is 39.7. The van der Waals surface area contributed by atoms with E-state index in [-0.39, 0.29) is 23.8 Å². The number of nitriles is 1. The molecule has 0 atom stereocenters. The van der Waals surface area contributed by atoms with Crippen LogP contribution in [0.2, 0.25) is 0 Å². The zero-order valence-electron chi connectivity index (χ0n) is 20.9. The molecule has 0 aliphatic rings. The number of nitrogens with one attached hydrogen (secondary N) is 1. The van der Waals surface area contributed by atoms with Gasteiger partial charge >= 0.3 is 5.97 Å². The molecule has 0 saturated carbocycles. The molecule has 2 heterocycles. The second-order valence-corrected chi connectivity index (χ2v) is 10.3. The van der Waals surface area contributed by atoms with Gasteiger partial charge in [0.05, 0.1) is 40.5 Å². The van der Waals surface area contributed by atoms with E-state index in [2.05, 4.69) is 21.0 Å². The van der Waals surface area contributed by atoms with E-state index in [0.29, 0.717) is 39.1 Å². The smallest absolute Gasteiger partial charge is 0.326 e. The number of anilines is 1. The Hall–Kier alpha value is -4.95. The molecule has 2 aromatic heterocycles. The van der Waals surface area contributed by atoms with Gasteiger partial charge in [0.2, 0.25) is 0 Å². The average Bonchev–Trinajstić information content (AvgIpc) is 3.37. The summed E-state index contributed by atoms with van der Waals surface area (Å²) in [5.74, 6) is 0.406. The van der Waals surface area contributed by atoms with E-state index in [0.717, 1.165) is 4.31 Å². The molecule has 10 nitrogen and oxygen atoms in total. The molecule has 5 aromatic rings. The Morgan fingerprint density at radius 2 is 1.87 bits per heavy atom. The number of carbonyl (C=O) groups excluding carboxylic acids is 1. The summed E-state index contributed by atoms with van der Waals surface area (Å²) in [5.41, 5.74) is 2.23. The van der Waals surface area contributed by atoms with Gasteiger partial charge in [-0.3, -0.25) is 14.1 Å². The Bertz CT molecular complexity index is 1810. The van der Waals surface area contributed by atoms with Gasteiger partial charge < -0.3 is 14.5 Å². The van der Waals surface area contributed by atoms with Crippen molar-refractivity contribution in [1.29, 1.82) is 5.26 Å². The lowest BCUT2D eigenvalue weighted by Gasteiger charge is -2.24. The molecule has 3 aromatic carbocycles. The minimum atomic E-state index is -4.22. The highest BCUT2D eigenvalue weighted by Gasteiger charge is 2.30. The highest BCUT2D eigenvalue weighted by Crippen LogP contribution is 2.30. The standard InChI is InChI=1S/C28H23N5O5S/c1-2-37-27(34)17-33(39(35,36)25-7-3-5-20-6-4-14-30-28(20)25)21-10-13-23-24(15-21)32-26(31-23)18-38-22-11-8-19(16-29)9-12-22/h3-15H,2,17-18H2,1H3,(H,31,32). The Morgan fingerprint density at radius 1 is 1.08 bits per heavy atom. The zero-order chi connectivity index (χ0) is 27.4. The van der Waals surface area contributed by atoms with Crippen molar-refractivity contribution in [3.63, 3.8) is 0 Å². The number of nitrogens with zero attached hydrogens (tertiary/aromatic N) is 4. The van der Waals surface area contributed by atoms with E-state index in [1.54, 1.807) is 73.7 Å². The third-order valence-electron chi connectivity index (χ3n) is 5.90. The third kappa shape index (κ3) is 5.37. The van der Waals surface area contributed by atoms with Gasteiger partial charge in [-0.15, -0.1) is 0 Å². The normalized spacial score (nSPS) is 11.3. The topological polar surface area (TPSA) is 138 Å². The van der Waals surface area contributed by atoms with Crippen LogP contribution in [0.1, 0.15) is 18.3 Å². The first-order valence-corrected chi connectivity index (χ1v) is 13.5. The first kappa shape index (κ1) is 25.7. The van der Waals surface area contributed by atoms with Crippen molar-refractivity contribution < 1.29 is 22.7 Å². The van der Waals surface area contributed by atoms with Crippen molar-refractivity contribution in [1.82, 2.24) is 15.0 Å². The van der Waals surface area contributed by atoms with Gasteiger partial charge in [0.15, 0.2) is 0 Å². The fraction of sp³-hybridized carbons (Fsp3) is 0.143. The van der Waals surface area contributed by atoms with Gasteiger partial charge in [0, 0.05) is 11.6 Å². The minimum absolute atomic E-state index is 0.0245. The van der Waals surface area contributed by atoms with E-state index in [1.165, 1.54) is 12.3 Å². The lowest BCUT2D eigenvalue weighted by molar-refractivity contribution is -0.141. The third-order valence-corrected chi connectivity index (χ3v) is 7.71. The molecule has 1 N–H and O–H groups in total. The van der Waals surface area contributed by atoms with E-state index < -0.39 is 22.5 Å². The Labute approximate surface area is 224 Å². The molecule has 39 heavy (non-hydrogen) atoms. The predicted molar refractivity (Wildman–Crippen MR) is 144 cm³/mol. The highest BCUT2D eigenvalue weighted by atomic mass is 32.2. The number of sulfonamides is 1. The molecule has 196 valence electrons. The number of ether oxygens (including phenoxy) is 2. The van der Waals surface area contributed by atoms with E-state index in [4.69, 9.17) is 14.7 Å². The summed E-state index contributed by atoms with van der Waals surface area (Å²) in [4.78, 5) is 24.4. The maximum absolute atomic E-state index is 13.9. The summed E-state index contributed by atoms with van der Waals surface area (Å²) in [6.45, 7) is 1.37. The molecule has 0 bridgehead atoms. The van der Waals surface area contributed by atoms with E-state index in [1.807, 2.05) is 0 Å². The summed E-state index contributed by atoms with van der Waals surface area (Å²) in [6, 6.07) is 22.0. The van der Waals surface area contributed by atoms with Crippen LogP contribution in [0.5, 0.6) is 5.75 Å². The fourth-order valence-corrected chi connectivity index (χ4v) is 5.66. The van der Waals surface area contributed by atoms with E-state index >= 15 is 0 Å². The molecule has 0 fully saturated rings. The number of pyridine rings is 1. The second-order valence-electron chi connectivity index (χ2n) is 8.46. The number of rotatable bonds is 9. The molecule has 0 aliphatic heterocycles. The van der Waals surface area contributed by atoms with Crippen LogP contribution in [0, 0.1) is 11.3 Å². The number of benzene rings is 3. The first-order valence-electron chi connectivity index (χ1n) is 12.0. The maximum Gasteiger partial charge on any atom is 0.326 e. The highest BCUT2D eigenvalue weighted by molar-refractivity contribution is 7.93. The number of aromatic amines is 1. The maximum atomic E-state index is 13.9. The second kappa shape index (κ2) is 10.8. The first-order chi connectivity index (χ1) is 18.9. The van der Waals surface area contributed by atoms with Crippen molar-refractivity contribution in [3.8, 4) is 11.8 Å². The van der Waals surface area contributed by atoms with Crippen LogP contribution in [0.3, 0.4) is 0 Å². The number of esters is 1. The molecule has 0 radical (unpaired) electrons. The van der Waals surface area contributed by atoms with Crippen molar-refractivity contribution in [3.05, 3.63) is 90.4 Å². The van der Waals surface area contributed by atoms with Crippen LogP contribution >= 0.6 is 0 Å². The van der Waals surface area contributed by atoms with Crippen molar-refractivity contribution >= 4 is 43.6 Å². The molecular formula is C28H23N5O5S. The number of hydrogen-bond donors (Lipinski definition) is 1. The number of aromatic nitrogens is 3. The number of fused-ring (bicyclic) bond motifs is 2. The predicted octanol–water partition coefficient (Wildman–Crippen LogP) is 4.32. The van der Waals surface area contributed by atoms with Crippen molar-refractivity contribution in [2.45, 2.75) is 18.4 Å². The van der Waals surface area contributed by atoms with Crippen molar-refractivity contribution in [2.24, 2.45) is 0 Å². The summed E-state index contributed by atoms with van der Waals surface area (Å²) in [5, 5.41) is 9.60. The Balaban J connectivity index is 1.49. The molecule has 0 aliphatic carbocycles. The van der Waals surface area contributed by atoms with Gasteiger partial charge in [0.25, 0.3) is 10.0 Å². The zero-order valence-corrected chi connectivity index (χ0v) is 21.7. The number of imidazole rings is 1. The number of carbonyl (C=O) groups is 1. The quantitative estimate of drug-likeness (QED) is 0.272. The number of para-hydroxylation sites is 1. The van der Waals surface area contributed by atoms with Gasteiger partial charge in [-0.25, -0.2) is 13.4 Å². The van der Waals surface area contributed by atoms with E-state index in [9.17, 15) is 13.2 Å². The summed E-state index contributed by atoms with van der Waals surface area (Å²) >= 11 is 0. The molecule has 0 amide bonds. The van der Waals surface area contributed by atoms with Crippen LogP contribution in [0.4, 0.5) is 5.69 Å². The monoisotopic (exact) mass is 541 g/mol. The Kier molecular flexibility index (Phi) is 7.12. The van der Waals surface area contributed by atoms with Crippen LogP contribution in [-0.2, 0) is 26.2 Å². The molecule has 0 saturated heterocycles. The summed E-state index contributed by atoms with van der Waals surface area (Å²) in [6.07, 6.45) is 1.52. The lowest BCUT2D eigenvalue weighted by atomic mass is 10.2. The van der Waals surface area contributed by atoms with Crippen LogP contribution < -0.4 is 9.04 Å². The largest absolute Gasteiger partial charge is 0.486 e. The van der Waals surface area contributed by atoms with Gasteiger partial charge in [-0.2, -0.15) is 5.26 Å². The van der Waals surface area contributed by atoms with Crippen molar-refractivity contribution in [2.75, 3.05) is 17.5 Å². The number of H-pyrrole nitrogens is 1. The summed E-state index contributed by atoms with van der Waals surface area (Å²) in [7, 11) is -4.22. The fourth-order valence-electron chi connectivity index (χ4n) is 4.09. The van der Waals surface area contributed by atoms with Gasteiger partial charge in [-0.05, 0) is 61.5 Å². The minimum Gasteiger partial charge on any atom is -0.486 e. The lowest BCUT2D eigenvalue weighted by Crippen LogP contribution is -2.36. The average molecular weight is 542 g/mol. The van der Waals surface area contributed by atoms with Gasteiger partial charge in [0.1, 0.15) is 29.6 Å². The molecular weight excluding hydrogens is 518 g/mol. The van der Waals surface area contributed by atoms with Crippen LogP contribution in [0.15, 0.2) is 83.9 Å². The molecule has 11 heteroatoms. The van der Waals surface area contributed by atoms with Crippen LogP contribution in [0.25, 0.3) is 21.9 Å².